The molecule has 1 saturated carbocycles. The number of likely N-dealkylation sites (tertiary alicyclic amines) is 1. The zero-order valence-corrected chi connectivity index (χ0v) is 24.2. The van der Waals surface area contributed by atoms with Crippen molar-refractivity contribution in [2.45, 2.75) is 99.6 Å². The first-order valence-electron chi connectivity index (χ1n) is 14.7. The number of hydrogen-bond acceptors (Lipinski definition) is 5. The summed E-state index contributed by atoms with van der Waals surface area (Å²) in [6.07, 6.45) is 12.6. The van der Waals surface area contributed by atoms with Crippen LogP contribution in [-0.2, 0) is 14.4 Å². The van der Waals surface area contributed by atoms with Gasteiger partial charge in [-0.1, -0.05) is 38.3 Å². The molecule has 0 aromatic heterocycles. The second-order valence-corrected chi connectivity index (χ2v) is 13.7. The van der Waals surface area contributed by atoms with Gasteiger partial charge in [0.2, 0.25) is 17.7 Å². The predicted octanol–water partition coefficient (Wildman–Crippen LogP) is 4.01. The Balaban J connectivity index is 1.73. The quantitative estimate of drug-likeness (QED) is 0.279. The third-order valence-corrected chi connectivity index (χ3v) is 11.3. The highest BCUT2D eigenvalue weighted by Gasteiger charge is 2.77. The highest BCUT2D eigenvalue weighted by Crippen LogP contribution is 2.71. The molecule has 4 aliphatic rings. The first-order chi connectivity index (χ1) is 18.3. The van der Waals surface area contributed by atoms with Crippen molar-refractivity contribution >= 4 is 29.5 Å². The van der Waals surface area contributed by atoms with Crippen molar-refractivity contribution in [3.63, 3.8) is 0 Å². The van der Waals surface area contributed by atoms with Crippen LogP contribution >= 0.6 is 11.8 Å². The Bertz CT molecular complexity index is 921. The van der Waals surface area contributed by atoms with E-state index >= 15 is 0 Å². The minimum Gasteiger partial charge on any atom is -0.396 e. The van der Waals surface area contributed by atoms with Gasteiger partial charge in [-0.3, -0.25) is 14.4 Å². The van der Waals surface area contributed by atoms with Gasteiger partial charge < -0.3 is 19.8 Å². The van der Waals surface area contributed by atoms with Gasteiger partial charge in [-0.05, 0) is 51.9 Å². The lowest BCUT2D eigenvalue weighted by molar-refractivity contribution is -0.146. The number of hydrogen-bond donors (Lipinski definition) is 1. The molecular formula is C30H47N3O4S. The molecule has 2 unspecified atom stereocenters. The summed E-state index contributed by atoms with van der Waals surface area (Å²) in [5.74, 6) is -0.935. The molecule has 4 fully saturated rings. The topological polar surface area (TPSA) is 81.2 Å². The summed E-state index contributed by atoms with van der Waals surface area (Å²) in [6.45, 7) is 14.1. The molecular weight excluding hydrogens is 498 g/mol. The Morgan fingerprint density at radius 3 is 2.45 bits per heavy atom. The Morgan fingerprint density at radius 1 is 1.11 bits per heavy atom. The molecule has 3 aliphatic heterocycles. The molecule has 3 amide bonds. The molecule has 2 bridgehead atoms. The van der Waals surface area contributed by atoms with Crippen molar-refractivity contribution < 1.29 is 19.5 Å². The third kappa shape index (κ3) is 4.96. The van der Waals surface area contributed by atoms with Gasteiger partial charge in [-0.25, -0.2) is 0 Å². The van der Waals surface area contributed by atoms with Crippen molar-refractivity contribution in [2.24, 2.45) is 11.8 Å². The Labute approximate surface area is 233 Å². The number of carbonyl (C=O) groups excluding carboxylic acids is 3. The van der Waals surface area contributed by atoms with Crippen molar-refractivity contribution in [1.82, 2.24) is 14.7 Å². The van der Waals surface area contributed by atoms with Crippen LogP contribution in [0.15, 0.2) is 25.3 Å². The Kier molecular flexibility index (Phi) is 9.34. The lowest BCUT2D eigenvalue weighted by atomic mass is 9.66. The number of amides is 3. The molecule has 0 radical (unpaired) electrons. The standard InChI is InChI=1S/C30H47N3O4S/c1-5-17-31(18-6-2)26(35)23-24-27(36)33(20-11-12-21-34)25(30(24)16-15-29(23,4)38-30)28(37)32(19-7-3)22-13-9-8-10-14-22/h5,7,22-25,34H,1,3,6,8-21H2,2,4H3/t23-,24-,25?,29+,30?/m0/s1. The normalized spacial score (nSPS) is 32.3. The van der Waals surface area contributed by atoms with E-state index < -0.39 is 22.6 Å². The fourth-order valence-electron chi connectivity index (χ4n) is 7.74. The van der Waals surface area contributed by atoms with Crippen LogP contribution in [0.5, 0.6) is 0 Å². The number of nitrogens with zero attached hydrogens (tertiary/aromatic N) is 3. The maximum Gasteiger partial charge on any atom is 0.247 e. The summed E-state index contributed by atoms with van der Waals surface area (Å²) < 4.78 is -0.961. The van der Waals surface area contributed by atoms with Gasteiger partial charge in [0.05, 0.1) is 16.6 Å². The van der Waals surface area contributed by atoms with Gasteiger partial charge in [-0.2, -0.15) is 0 Å². The summed E-state index contributed by atoms with van der Waals surface area (Å²) in [4.78, 5) is 48.6. The molecule has 38 heavy (non-hydrogen) atoms. The van der Waals surface area contributed by atoms with Crippen LogP contribution in [0.3, 0.4) is 0 Å². The Hall–Kier alpha value is -1.80. The molecule has 3 heterocycles. The van der Waals surface area contributed by atoms with Crippen LogP contribution in [0.4, 0.5) is 0 Å². The average molecular weight is 546 g/mol. The highest BCUT2D eigenvalue weighted by atomic mass is 32.2. The summed E-state index contributed by atoms with van der Waals surface area (Å²) in [5, 5.41) is 9.43. The molecule has 7 nitrogen and oxygen atoms in total. The number of aliphatic hydroxyl groups is 1. The number of fused-ring (bicyclic) bond motifs is 1. The van der Waals surface area contributed by atoms with Crippen LogP contribution in [0.2, 0.25) is 0 Å². The van der Waals surface area contributed by atoms with Gasteiger partial charge in [0.1, 0.15) is 6.04 Å². The molecule has 3 saturated heterocycles. The van der Waals surface area contributed by atoms with Crippen molar-refractivity contribution in [3.05, 3.63) is 25.3 Å². The minimum atomic E-state index is -0.595. The van der Waals surface area contributed by atoms with Gasteiger partial charge >= 0.3 is 0 Å². The van der Waals surface area contributed by atoms with E-state index in [4.69, 9.17) is 0 Å². The highest BCUT2D eigenvalue weighted by molar-refractivity contribution is 8.02. The van der Waals surface area contributed by atoms with E-state index in [1.807, 2.05) is 9.80 Å². The monoisotopic (exact) mass is 545 g/mol. The fourth-order valence-corrected chi connectivity index (χ4v) is 10.1. The van der Waals surface area contributed by atoms with Gasteiger partial charge in [-0.15, -0.1) is 24.9 Å². The molecule has 1 aliphatic carbocycles. The first kappa shape index (κ1) is 29.2. The average Bonchev–Trinajstić information content (AvgIpc) is 3.48. The van der Waals surface area contributed by atoms with E-state index in [-0.39, 0.29) is 35.1 Å². The smallest absolute Gasteiger partial charge is 0.247 e. The summed E-state index contributed by atoms with van der Waals surface area (Å²) in [7, 11) is 0. The zero-order valence-electron chi connectivity index (χ0n) is 23.4. The molecule has 212 valence electrons. The maximum absolute atomic E-state index is 14.6. The van der Waals surface area contributed by atoms with E-state index in [1.54, 1.807) is 28.8 Å². The zero-order chi connectivity index (χ0) is 27.5. The van der Waals surface area contributed by atoms with E-state index in [0.717, 1.165) is 44.9 Å². The largest absolute Gasteiger partial charge is 0.396 e. The van der Waals surface area contributed by atoms with Gasteiger partial charge in [0.25, 0.3) is 0 Å². The minimum absolute atomic E-state index is 0.0259. The van der Waals surface area contributed by atoms with Crippen LogP contribution < -0.4 is 0 Å². The molecule has 5 atom stereocenters. The molecule has 8 heteroatoms. The van der Waals surface area contributed by atoms with E-state index in [1.165, 1.54) is 6.42 Å². The van der Waals surface area contributed by atoms with Crippen molar-refractivity contribution in [3.8, 4) is 0 Å². The number of thioether (sulfide) groups is 1. The SMILES string of the molecule is C=CCN(CCC)C(=O)[C@@H]1[C@H]2C(=O)N(CCCCO)C(C(=O)N(CC=C)C3CCCCC3)C23CC[C@@]1(C)S3. The number of rotatable bonds is 13. The molecule has 1 spiro atoms. The predicted molar refractivity (Wildman–Crippen MR) is 153 cm³/mol. The van der Waals surface area contributed by atoms with Gasteiger partial charge in [0, 0.05) is 43.6 Å². The number of carbonyl (C=O) groups is 3. The molecule has 0 aromatic carbocycles. The molecule has 0 aromatic rings. The maximum atomic E-state index is 14.6. The van der Waals surface area contributed by atoms with Crippen molar-refractivity contribution in [1.29, 1.82) is 0 Å². The number of unbranched alkanes of at least 4 members (excludes halogenated alkanes) is 1. The van der Waals surface area contributed by atoms with Gasteiger partial charge in [0.15, 0.2) is 0 Å². The van der Waals surface area contributed by atoms with Crippen LogP contribution in [-0.4, -0.2) is 91.9 Å². The lowest BCUT2D eigenvalue weighted by Crippen LogP contribution is -2.57. The Morgan fingerprint density at radius 2 is 1.82 bits per heavy atom. The van der Waals surface area contributed by atoms with E-state index in [2.05, 4.69) is 27.0 Å². The molecule has 1 N–H and O–H groups in total. The van der Waals surface area contributed by atoms with Crippen molar-refractivity contribution in [2.75, 3.05) is 32.8 Å². The van der Waals surface area contributed by atoms with E-state index in [9.17, 15) is 19.5 Å². The van der Waals surface area contributed by atoms with Crippen LogP contribution in [0, 0.1) is 11.8 Å². The second-order valence-electron chi connectivity index (χ2n) is 11.8. The summed E-state index contributed by atoms with van der Waals surface area (Å²) in [5.41, 5.74) is 0. The summed E-state index contributed by atoms with van der Waals surface area (Å²) in [6, 6.07) is -0.410. The lowest BCUT2D eigenvalue weighted by Gasteiger charge is -2.41. The summed E-state index contributed by atoms with van der Waals surface area (Å²) >= 11 is 1.75. The third-order valence-electron chi connectivity index (χ3n) is 9.36. The first-order valence-corrected chi connectivity index (χ1v) is 15.5. The van der Waals surface area contributed by atoms with E-state index in [0.29, 0.717) is 39.0 Å². The number of aliphatic hydroxyl groups excluding tert-OH is 1. The van der Waals surface area contributed by atoms with Crippen LogP contribution in [0.25, 0.3) is 0 Å². The van der Waals surface area contributed by atoms with Crippen LogP contribution in [0.1, 0.15) is 78.1 Å². The second kappa shape index (κ2) is 12.2. The molecule has 4 rings (SSSR count). The fraction of sp³-hybridized carbons (Fsp3) is 0.767.